The van der Waals surface area contributed by atoms with E-state index in [0.717, 1.165) is 21.9 Å². The van der Waals surface area contributed by atoms with Crippen LogP contribution in [0.2, 0.25) is 10.0 Å². The van der Waals surface area contributed by atoms with Crippen LogP contribution in [0.3, 0.4) is 0 Å². The number of carbonyl (C=O) groups excluding carboxylic acids is 2. The smallest absolute Gasteiger partial charge is 0.264 e. The fraction of sp³-hybridized carbons (Fsp3) is 0.310. The lowest BCUT2D eigenvalue weighted by Crippen LogP contribution is -2.52. The molecule has 7 nitrogen and oxygen atoms in total. The van der Waals surface area contributed by atoms with Crippen LogP contribution < -0.4 is 9.62 Å². The van der Waals surface area contributed by atoms with E-state index in [1.54, 1.807) is 19.1 Å². The van der Waals surface area contributed by atoms with E-state index in [1.165, 1.54) is 35.2 Å². The van der Waals surface area contributed by atoms with Crippen LogP contribution in [0.5, 0.6) is 0 Å². The molecule has 0 fully saturated rings. The van der Waals surface area contributed by atoms with Crippen molar-refractivity contribution in [1.82, 2.24) is 10.2 Å². The van der Waals surface area contributed by atoms with Gasteiger partial charge in [-0.1, -0.05) is 78.2 Å². The van der Waals surface area contributed by atoms with Gasteiger partial charge < -0.3 is 10.2 Å². The van der Waals surface area contributed by atoms with Crippen molar-refractivity contribution in [2.24, 2.45) is 0 Å². The predicted molar refractivity (Wildman–Crippen MR) is 157 cm³/mol. The van der Waals surface area contributed by atoms with Crippen molar-refractivity contribution < 1.29 is 18.0 Å². The summed E-state index contributed by atoms with van der Waals surface area (Å²) in [4.78, 5) is 28.4. The Balaban J connectivity index is 2.04. The maximum atomic E-state index is 13.9. The van der Waals surface area contributed by atoms with Crippen molar-refractivity contribution in [1.29, 1.82) is 0 Å². The van der Waals surface area contributed by atoms with Gasteiger partial charge in [0.25, 0.3) is 10.0 Å². The lowest BCUT2D eigenvalue weighted by molar-refractivity contribution is -0.139. The van der Waals surface area contributed by atoms with Gasteiger partial charge >= 0.3 is 0 Å². The van der Waals surface area contributed by atoms with Crippen molar-refractivity contribution in [2.75, 3.05) is 10.8 Å². The number of benzene rings is 3. The zero-order valence-corrected chi connectivity index (χ0v) is 24.7. The van der Waals surface area contributed by atoms with Crippen LogP contribution in [0.4, 0.5) is 5.69 Å². The van der Waals surface area contributed by atoms with E-state index in [4.69, 9.17) is 23.2 Å². The van der Waals surface area contributed by atoms with Gasteiger partial charge in [0.15, 0.2) is 0 Å². The summed E-state index contributed by atoms with van der Waals surface area (Å²) < 4.78 is 28.7. The minimum atomic E-state index is -4.21. The van der Waals surface area contributed by atoms with Crippen molar-refractivity contribution >= 4 is 50.7 Å². The Morgan fingerprint density at radius 1 is 0.923 bits per heavy atom. The Morgan fingerprint density at radius 3 is 2.08 bits per heavy atom. The Hall–Kier alpha value is -3.07. The highest BCUT2D eigenvalue weighted by atomic mass is 35.5. The summed E-state index contributed by atoms with van der Waals surface area (Å²) in [7, 11) is -4.21. The third-order valence-corrected chi connectivity index (χ3v) is 8.61. The molecule has 208 valence electrons. The number of nitrogens with one attached hydrogen (secondary N) is 1. The molecule has 2 amide bonds. The second-order valence-corrected chi connectivity index (χ2v) is 12.2. The van der Waals surface area contributed by atoms with E-state index in [-0.39, 0.29) is 39.1 Å². The van der Waals surface area contributed by atoms with E-state index < -0.39 is 28.5 Å². The van der Waals surface area contributed by atoms with Crippen LogP contribution in [0.1, 0.15) is 38.3 Å². The second-order valence-electron chi connectivity index (χ2n) is 9.45. The fourth-order valence-corrected chi connectivity index (χ4v) is 5.79. The average Bonchev–Trinajstić information content (AvgIpc) is 2.89. The first-order valence-electron chi connectivity index (χ1n) is 12.6. The number of sulfonamides is 1. The molecule has 39 heavy (non-hydrogen) atoms. The van der Waals surface area contributed by atoms with Crippen molar-refractivity contribution in [3.63, 3.8) is 0 Å². The molecule has 3 rings (SSSR count). The van der Waals surface area contributed by atoms with Gasteiger partial charge in [0.1, 0.15) is 12.6 Å². The Bertz CT molecular complexity index is 1380. The van der Waals surface area contributed by atoms with Gasteiger partial charge in [-0.25, -0.2) is 8.42 Å². The largest absolute Gasteiger partial charge is 0.352 e. The summed E-state index contributed by atoms with van der Waals surface area (Å²) in [6.45, 7) is 6.86. The first-order chi connectivity index (χ1) is 18.4. The van der Waals surface area contributed by atoms with Crippen LogP contribution in [-0.4, -0.2) is 43.8 Å². The molecule has 0 saturated carbocycles. The summed E-state index contributed by atoms with van der Waals surface area (Å²) in [6, 6.07) is 19.0. The standard InChI is InChI=1S/C29H33Cl2N3O4S/c1-5-21(3)32-29(36)22(4)33(18-23-9-7-6-8-10-23)28(35)19-34(26-16-24(30)15-25(31)17-26)39(37,38)27-13-11-20(2)12-14-27/h6-17,21-22H,5,18-19H2,1-4H3,(H,32,36)/t21-,22+/m0/s1. The number of aryl methyl sites for hydroxylation is 1. The van der Waals surface area contributed by atoms with Crippen molar-refractivity contribution in [3.8, 4) is 0 Å². The van der Waals surface area contributed by atoms with E-state index in [0.29, 0.717) is 0 Å². The Labute approximate surface area is 240 Å². The molecule has 0 radical (unpaired) electrons. The predicted octanol–water partition coefficient (Wildman–Crippen LogP) is 5.83. The monoisotopic (exact) mass is 589 g/mol. The zero-order chi connectivity index (χ0) is 28.7. The SMILES string of the molecule is CC[C@H](C)NC(=O)[C@@H](C)N(Cc1ccccc1)C(=O)CN(c1cc(Cl)cc(Cl)c1)S(=O)(=O)c1ccc(C)cc1. The summed E-state index contributed by atoms with van der Waals surface area (Å²) in [5.74, 6) is -0.884. The highest BCUT2D eigenvalue weighted by Crippen LogP contribution is 2.30. The molecule has 0 bridgehead atoms. The van der Waals surface area contributed by atoms with Gasteiger partial charge in [0, 0.05) is 22.6 Å². The molecule has 3 aromatic rings. The molecule has 0 aromatic heterocycles. The minimum Gasteiger partial charge on any atom is -0.352 e. The molecule has 0 heterocycles. The van der Waals surface area contributed by atoms with Crippen LogP contribution in [-0.2, 0) is 26.2 Å². The number of anilines is 1. The number of nitrogens with zero attached hydrogens (tertiary/aromatic N) is 2. The molecule has 2 atom stereocenters. The molecule has 0 aliphatic carbocycles. The van der Waals surface area contributed by atoms with Crippen LogP contribution >= 0.6 is 23.2 Å². The number of hydrogen-bond donors (Lipinski definition) is 1. The van der Waals surface area contributed by atoms with Gasteiger partial charge in [-0.05, 0) is 63.1 Å². The number of hydrogen-bond acceptors (Lipinski definition) is 4. The quantitative estimate of drug-likeness (QED) is 0.305. The van der Waals surface area contributed by atoms with Gasteiger partial charge in [0.2, 0.25) is 11.8 Å². The maximum Gasteiger partial charge on any atom is 0.264 e. The molecular formula is C29H33Cl2N3O4S. The van der Waals surface area contributed by atoms with Crippen molar-refractivity contribution in [3.05, 3.63) is 94.0 Å². The van der Waals surface area contributed by atoms with Crippen LogP contribution in [0, 0.1) is 6.92 Å². The number of amides is 2. The number of rotatable bonds is 11. The molecule has 0 aliphatic heterocycles. The lowest BCUT2D eigenvalue weighted by atomic mass is 10.1. The van der Waals surface area contributed by atoms with E-state index >= 15 is 0 Å². The van der Waals surface area contributed by atoms with Crippen LogP contribution in [0.15, 0.2) is 77.7 Å². The van der Waals surface area contributed by atoms with E-state index in [1.807, 2.05) is 51.1 Å². The molecule has 3 aromatic carbocycles. The average molecular weight is 591 g/mol. The fourth-order valence-electron chi connectivity index (χ4n) is 3.88. The minimum absolute atomic E-state index is 0.00849. The van der Waals surface area contributed by atoms with Crippen LogP contribution in [0.25, 0.3) is 0 Å². The molecule has 10 heteroatoms. The van der Waals surface area contributed by atoms with Gasteiger partial charge in [-0.2, -0.15) is 0 Å². The molecule has 0 spiro atoms. The topological polar surface area (TPSA) is 86.8 Å². The van der Waals surface area contributed by atoms with Gasteiger partial charge in [-0.3, -0.25) is 13.9 Å². The molecule has 0 unspecified atom stereocenters. The lowest BCUT2D eigenvalue weighted by Gasteiger charge is -2.32. The maximum absolute atomic E-state index is 13.9. The normalized spacial score (nSPS) is 12.9. The molecule has 0 aliphatic rings. The highest BCUT2D eigenvalue weighted by Gasteiger charge is 2.33. The van der Waals surface area contributed by atoms with Gasteiger partial charge in [-0.15, -0.1) is 0 Å². The number of carbonyl (C=O) groups is 2. The third kappa shape index (κ3) is 7.97. The second kappa shape index (κ2) is 13.3. The molecule has 1 N–H and O–H groups in total. The van der Waals surface area contributed by atoms with Crippen molar-refractivity contribution in [2.45, 2.75) is 57.6 Å². The van der Waals surface area contributed by atoms with Gasteiger partial charge in [0.05, 0.1) is 10.6 Å². The molecule has 0 saturated heterocycles. The summed E-state index contributed by atoms with van der Waals surface area (Å²) in [5.41, 5.74) is 1.82. The summed E-state index contributed by atoms with van der Waals surface area (Å²) in [6.07, 6.45) is 0.725. The first kappa shape index (κ1) is 30.5. The summed E-state index contributed by atoms with van der Waals surface area (Å²) in [5, 5.41) is 3.35. The first-order valence-corrected chi connectivity index (χ1v) is 14.8. The van der Waals surface area contributed by atoms with E-state index in [2.05, 4.69) is 5.32 Å². The van der Waals surface area contributed by atoms with E-state index in [9.17, 15) is 18.0 Å². The number of halogens is 2. The Kier molecular flexibility index (Phi) is 10.4. The zero-order valence-electron chi connectivity index (χ0n) is 22.4. The third-order valence-electron chi connectivity index (χ3n) is 6.39. The highest BCUT2D eigenvalue weighted by molar-refractivity contribution is 7.92. The summed E-state index contributed by atoms with van der Waals surface area (Å²) >= 11 is 12.4. The Morgan fingerprint density at radius 2 is 1.51 bits per heavy atom. The molecular weight excluding hydrogens is 557 g/mol.